The Kier molecular flexibility index (Phi) is 4.76. The van der Waals surface area contributed by atoms with Gasteiger partial charge in [-0.05, 0) is 42.7 Å². The van der Waals surface area contributed by atoms with E-state index >= 15 is 0 Å². The van der Waals surface area contributed by atoms with E-state index in [-0.39, 0.29) is 5.91 Å². The molecule has 2 aromatic carbocycles. The van der Waals surface area contributed by atoms with E-state index in [0.717, 1.165) is 5.56 Å². The maximum atomic E-state index is 12.4. The highest BCUT2D eigenvalue weighted by atomic mass is 16.2. The summed E-state index contributed by atoms with van der Waals surface area (Å²) in [5, 5.41) is 0. The second-order valence-corrected chi connectivity index (χ2v) is 5.49. The largest absolute Gasteiger partial charge is 0.337 e. The Balaban J connectivity index is 2.11. The topological polar surface area (TPSA) is 46.3 Å². The monoisotopic (exact) mass is 282 g/mol. The van der Waals surface area contributed by atoms with Crippen molar-refractivity contribution >= 4 is 5.91 Å². The van der Waals surface area contributed by atoms with Crippen molar-refractivity contribution in [2.45, 2.75) is 26.9 Å². The average molecular weight is 282 g/mol. The van der Waals surface area contributed by atoms with Crippen molar-refractivity contribution in [3.8, 4) is 0 Å². The van der Waals surface area contributed by atoms with Crippen LogP contribution in [-0.4, -0.2) is 17.9 Å². The third-order valence-electron chi connectivity index (χ3n) is 3.69. The molecular weight excluding hydrogens is 260 g/mol. The minimum Gasteiger partial charge on any atom is -0.337 e. The Morgan fingerprint density at radius 3 is 2.33 bits per heavy atom. The highest BCUT2D eigenvalue weighted by Crippen LogP contribution is 2.14. The molecule has 0 heterocycles. The predicted octanol–water partition coefficient (Wildman–Crippen LogP) is 3.03. The summed E-state index contributed by atoms with van der Waals surface area (Å²) in [6.07, 6.45) is 0. The molecule has 0 spiro atoms. The SMILES string of the molecule is Cc1ccc(CN(C)C(=O)c2ccc(CN)cc2)c(C)c1. The quantitative estimate of drug-likeness (QED) is 0.937. The van der Waals surface area contributed by atoms with Crippen LogP contribution in [-0.2, 0) is 13.1 Å². The van der Waals surface area contributed by atoms with Crippen molar-refractivity contribution in [2.75, 3.05) is 7.05 Å². The molecule has 2 rings (SSSR count). The van der Waals surface area contributed by atoms with E-state index in [1.54, 1.807) is 4.90 Å². The Bertz CT molecular complexity index is 632. The zero-order chi connectivity index (χ0) is 15.4. The zero-order valence-electron chi connectivity index (χ0n) is 12.9. The number of nitrogens with two attached hydrogens (primary N) is 1. The van der Waals surface area contributed by atoms with Gasteiger partial charge in [-0.3, -0.25) is 4.79 Å². The number of nitrogens with zero attached hydrogens (tertiary/aromatic N) is 1. The molecule has 0 saturated carbocycles. The summed E-state index contributed by atoms with van der Waals surface area (Å²) in [5.41, 5.74) is 10.9. The maximum Gasteiger partial charge on any atom is 0.253 e. The summed E-state index contributed by atoms with van der Waals surface area (Å²) in [6.45, 7) is 5.26. The third kappa shape index (κ3) is 3.70. The van der Waals surface area contributed by atoms with E-state index in [9.17, 15) is 4.79 Å². The molecule has 110 valence electrons. The van der Waals surface area contributed by atoms with Gasteiger partial charge in [-0.2, -0.15) is 0 Å². The number of amides is 1. The first-order chi connectivity index (χ1) is 10.0. The van der Waals surface area contributed by atoms with Gasteiger partial charge in [0.15, 0.2) is 0 Å². The summed E-state index contributed by atoms with van der Waals surface area (Å²) in [7, 11) is 1.83. The van der Waals surface area contributed by atoms with Crippen molar-refractivity contribution < 1.29 is 4.79 Å². The summed E-state index contributed by atoms with van der Waals surface area (Å²) >= 11 is 0. The number of rotatable bonds is 4. The molecule has 0 radical (unpaired) electrons. The molecule has 1 amide bonds. The van der Waals surface area contributed by atoms with E-state index in [0.29, 0.717) is 18.7 Å². The van der Waals surface area contributed by atoms with Crippen LogP contribution in [0.15, 0.2) is 42.5 Å². The lowest BCUT2D eigenvalue weighted by Gasteiger charge is -2.19. The van der Waals surface area contributed by atoms with Crippen molar-refractivity contribution in [2.24, 2.45) is 5.73 Å². The van der Waals surface area contributed by atoms with Gasteiger partial charge in [0, 0.05) is 25.7 Å². The summed E-state index contributed by atoms with van der Waals surface area (Å²) in [5.74, 6) is 0.0264. The second-order valence-electron chi connectivity index (χ2n) is 5.49. The summed E-state index contributed by atoms with van der Waals surface area (Å²) in [4.78, 5) is 14.2. The number of benzene rings is 2. The smallest absolute Gasteiger partial charge is 0.253 e. The lowest BCUT2D eigenvalue weighted by atomic mass is 10.0. The van der Waals surface area contributed by atoms with Crippen molar-refractivity contribution in [1.82, 2.24) is 4.90 Å². The van der Waals surface area contributed by atoms with E-state index < -0.39 is 0 Å². The molecule has 0 aliphatic carbocycles. The Hall–Kier alpha value is -2.13. The molecule has 21 heavy (non-hydrogen) atoms. The second kappa shape index (κ2) is 6.55. The van der Waals surface area contributed by atoms with Gasteiger partial charge in [0.2, 0.25) is 0 Å². The normalized spacial score (nSPS) is 10.5. The number of carbonyl (C=O) groups is 1. The number of hydrogen-bond acceptors (Lipinski definition) is 2. The third-order valence-corrected chi connectivity index (χ3v) is 3.69. The summed E-state index contributed by atoms with van der Waals surface area (Å²) in [6, 6.07) is 13.8. The lowest BCUT2D eigenvalue weighted by molar-refractivity contribution is 0.0785. The number of hydrogen-bond donors (Lipinski definition) is 1. The summed E-state index contributed by atoms with van der Waals surface area (Å²) < 4.78 is 0. The van der Waals surface area contributed by atoms with Crippen LogP contribution in [0.5, 0.6) is 0 Å². The molecule has 0 aromatic heterocycles. The number of aryl methyl sites for hydroxylation is 2. The van der Waals surface area contributed by atoms with Crippen LogP contribution in [0.2, 0.25) is 0 Å². The number of carbonyl (C=O) groups excluding carboxylic acids is 1. The van der Waals surface area contributed by atoms with Gasteiger partial charge in [0.25, 0.3) is 5.91 Å². The van der Waals surface area contributed by atoms with Gasteiger partial charge >= 0.3 is 0 Å². The molecule has 0 saturated heterocycles. The fraction of sp³-hybridized carbons (Fsp3) is 0.278. The first-order valence-corrected chi connectivity index (χ1v) is 7.12. The molecule has 3 nitrogen and oxygen atoms in total. The molecular formula is C18H22N2O. The fourth-order valence-electron chi connectivity index (χ4n) is 2.35. The van der Waals surface area contributed by atoms with Gasteiger partial charge in [0.1, 0.15) is 0 Å². The first kappa shape index (κ1) is 15.3. The molecule has 2 aromatic rings. The Morgan fingerprint density at radius 2 is 1.76 bits per heavy atom. The van der Waals surface area contributed by atoms with Crippen molar-refractivity contribution in [3.63, 3.8) is 0 Å². The van der Waals surface area contributed by atoms with Crippen LogP contribution < -0.4 is 5.73 Å². The minimum atomic E-state index is 0.0264. The van der Waals surface area contributed by atoms with Crippen molar-refractivity contribution in [1.29, 1.82) is 0 Å². The predicted molar refractivity (Wildman–Crippen MR) is 86.0 cm³/mol. The Morgan fingerprint density at radius 1 is 1.10 bits per heavy atom. The first-order valence-electron chi connectivity index (χ1n) is 7.12. The van der Waals surface area contributed by atoms with Gasteiger partial charge in [0.05, 0.1) is 0 Å². The molecule has 0 unspecified atom stereocenters. The molecule has 0 fully saturated rings. The van der Waals surface area contributed by atoms with Crippen LogP contribution in [0, 0.1) is 13.8 Å². The lowest BCUT2D eigenvalue weighted by Crippen LogP contribution is -2.26. The van der Waals surface area contributed by atoms with Crippen LogP contribution in [0.25, 0.3) is 0 Å². The van der Waals surface area contributed by atoms with Gasteiger partial charge < -0.3 is 10.6 Å². The van der Waals surface area contributed by atoms with E-state index in [1.165, 1.54) is 16.7 Å². The molecule has 0 aliphatic rings. The molecule has 2 N–H and O–H groups in total. The molecule has 0 aliphatic heterocycles. The minimum absolute atomic E-state index is 0.0264. The molecule has 3 heteroatoms. The van der Waals surface area contributed by atoms with Gasteiger partial charge in [-0.25, -0.2) is 0 Å². The van der Waals surface area contributed by atoms with E-state index in [4.69, 9.17) is 5.73 Å². The van der Waals surface area contributed by atoms with E-state index in [2.05, 4.69) is 32.0 Å². The highest BCUT2D eigenvalue weighted by Gasteiger charge is 2.12. The highest BCUT2D eigenvalue weighted by molar-refractivity contribution is 5.94. The van der Waals surface area contributed by atoms with Crippen molar-refractivity contribution in [3.05, 3.63) is 70.3 Å². The fourth-order valence-corrected chi connectivity index (χ4v) is 2.35. The van der Waals surface area contributed by atoms with Gasteiger partial charge in [-0.15, -0.1) is 0 Å². The van der Waals surface area contributed by atoms with Crippen LogP contribution >= 0.6 is 0 Å². The Labute approximate surface area is 126 Å². The molecule has 0 atom stereocenters. The van der Waals surface area contributed by atoms with Crippen LogP contribution in [0.3, 0.4) is 0 Å². The zero-order valence-corrected chi connectivity index (χ0v) is 12.9. The van der Waals surface area contributed by atoms with Gasteiger partial charge in [-0.1, -0.05) is 35.9 Å². The maximum absolute atomic E-state index is 12.4. The molecule has 0 bridgehead atoms. The standard InChI is InChI=1S/C18H22N2O/c1-13-4-7-17(14(2)10-13)12-20(3)18(21)16-8-5-15(11-19)6-9-16/h4-10H,11-12,19H2,1-3H3. The average Bonchev–Trinajstić information content (AvgIpc) is 2.49. The van der Waals surface area contributed by atoms with Crippen LogP contribution in [0.4, 0.5) is 0 Å². The van der Waals surface area contributed by atoms with E-state index in [1.807, 2.05) is 31.3 Å². The van der Waals surface area contributed by atoms with Crippen LogP contribution in [0.1, 0.15) is 32.6 Å².